The van der Waals surface area contributed by atoms with Gasteiger partial charge in [-0.2, -0.15) is 0 Å². The zero-order valence-electron chi connectivity index (χ0n) is 8.13. The van der Waals surface area contributed by atoms with Gasteiger partial charge in [-0.15, -0.1) is 0 Å². The van der Waals surface area contributed by atoms with Crippen molar-refractivity contribution in [1.29, 1.82) is 0 Å². The van der Waals surface area contributed by atoms with Crippen molar-refractivity contribution in [3.8, 4) is 0 Å². The van der Waals surface area contributed by atoms with E-state index >= 15 is 0 Å². The van der Waals surface area contributed by atoms with E-state index in [4.69, 9.17) is 5.11 Å². The molecule has 0 saturated carbocycles. The number of carboxylic acid groups (broad SMARTS) is 1. The Morgan fingerprint density at radius 1 is 1.53 bits per heavy atom. The summed E-state index contributed by atoms with van der Waals surface area (Å²) in [5, 5.41) is 12.1. The summed E-state index contributed by atoms with van der Waals surface area (Å²) >= 11 is 0. The van der Waals surface area contributed by atoms with Gasteiger partial charge in [0.15, 0.2) is 0 Å². The molecule has 1 saturated heterocycles. The lowest BCUT2D eigenvalue weighted by molar-refractivity contribution is 0.128. The zero-order chi connectivity index (χ0) is 10.7. The highest BCUT2D eigenvalue weighted by Gasteiger charge is 2.25. The summed E-state index contributed by atoms with van der Waals surface area (Å²) in [5.41, 5.74) is 0. The number of nitrogens with zero attached hydrogens (tertiary/aromatic N) is 3. The molecule has 0 aliphatic carbocycles. The highest BCUT2D eigenvalue weighted by atomic mass is 16.4. The lowest BCUT2D eigenvalue weighted by atomic mass is 10.2. The Labute approximate surface area is 87.0 Å². The van der Waals surface area contributed by atoms with Gasteiger partial charge in [-0.3, -0.25) is 0 Å². The number of piperazine rings is 1. The Morgan fingerprint density at radius 3 is 2.93 bits per heavy atom. The average molecular weight is 208 g/mol. The molecular formula is C9H12N4O2. The van der Waals surface area contributed by atoms with Crippen LogP contribution in [0.2, 0.25) is 0 Å². The van der Waals surface area contributed by atoms with Gasteiger partial charge in [-0.25, -0.2) is 14.8 Å². The molecule has 6 heteroatoms. The van der Waals surface area contributed by atoms with Crippen LogP contribution in [0.5, 0.6) is 0 Å². The average Bonchev–Trinajstić information content (AvgIpc) is 2.30. The zero-order valence-corrected chi connectivity index (χ0v) is 8.13. The number of aromatic nitrogens is 2. The van der Waals surface area contributed by atoms with Crippen LogP contribution >= 0.6 is 0 Å². The third-order valence-corrected chi connectivity index (χ3v) is 2.34. The number of amides is 1. The van der Waals surface area contributed by atoms with Crippen LogP contribution in [-0.4, -0.2) is 45.7 Å². The van der Waals surface area contributed by atoms with Crippen molar-refractivity contribution < 1.29 is 9.90 Å². The van der Waals surface area contributed by atoms with Crippen molar-refractivity contribution in [3.63, 3.8) is 0 Å². The van der Waals surface area contributed by atoms with Gasteiger partial charge >= 0.3 is 6.09 Å². The van der Waals surface area contributed by atoms with Crippen molar-refractivity contribution in [2.24, 2.45) is 0 Å². The van der Waals surface area contributed by atoms with Crippen LogP contribution in [0.1, 0.15) is 11.9 Å². The molecule has 1 aromatic rings. The second-order valence-electron chi connectivity index (χ2n) is 3.34. The standard InChI is InChI=1S/C9H12N4O2/c14-9(15)13-5-4-10-7(6-13)8-11-2-1-3-12-8/h1-3,7,10H,4-6H2,(H,14,15). The van der Waals surface area contributed by atoms with Crippen molar-refractivity contribution in [2.75, 3.05) is 19.6 Å². The van der Waals surface area contributed by atoms with Crippen LogP contribution in [0.3, 0.4) is 0 Å². The molecule has 0 aromatic carbocycles. The molecule has 1 fully saturated rings. The first-order valence-electron chi connectivity index (χ1n) is 4.75. The Morgan fingerprint density at radius 2 is 2.27 bits per heavy atom. The second kappa shape index (κ2) is 4.22. The molecule has 2 N–H and O–H groups in total. The topological polar surface area (TPSA) is 78.4 Å². The van der Waals surface area contributed by atoms with E-state index < -0.39 is 6.09 Å². The fraction of sp³-hybridized carbons (Fsp3) is 0.444. The maximum atomic E-state index is 10.8. The van der Waals surface area contributed by atoms with Crippen molar-refractivity contribution >= 4 is 6.09 Å². The Bertz CT molecular complexity index is 343. The van der Waals surface area contributed by atoms with Crippen LogP contribution in [0.4, 0.5) is 4.79 Å². The van der Waals surface area contributed by atoms with E-state index in [1.54, 1.807) is 18.5 Å². The molecular weight excluding hydrogens is 196 g/mol. The molecule has 1 aromatic heterocycles. The van der Waals surface area contributed by atoms with Crippen LogP contribution in [-0.2, 0) is 0 Å². The van der Waals surface area contributed by atoms with Gasteiger partial charge in [-0.1, -0.05) is 0 Å². The van der Waals surface area contributed by atoms with Gasteiger partial charge in [0.05, 0.1) is 6.04 Å². The summed E-state index contributed by atoms with van der Waals surface area (Å²) in [7, 11) is 0. The van der Waals surface area contributed by atoms with Crippen molar-refractivity contribution in [2.45, 2.75) is 6.04 Å². The monoisotopic (exact) mass is 208 g/mol. The third kappa shape index (κ3) is 2.21. The minimum Gasteiger partial charge on any atom is -0.465 e. The Hall–Kier alpha value is -1.69. The number of hydrogen-bond donors (Lipinski definition) is 2. The Balaban J connectivity index is 2.08. The summed E-state index contributed by atoms with van der Waals surface area (Å²) in [6, 6.07) is 1.64. The first kappa shape index (κ1) is 9.85. The molecule has 2 rings (SSSR count). The van der Waals surface area contributed by atoms with E-state index in [0.717, 1.165) is 0 Å². The van der Waals surface area contributed by atoms with E-state index in [1.165, 1.54) is 4.90 Å². The number of nitrogens with one attached hydrogen (secondary N) is 1. The molecule has 15 heavy (non-hydrogen) atoms. The van der Waals surface area contributed by atoms with Crippen molar-refractivity contribution in [1.82, 2.24) is 20.2 Å². The van der Waals surface area contributed by atoms with E-state index in [0.29, 0.717) is 25.5 Å². The molecule has 0 bridgehead atoms. The van der Waals surface area contributed by atoms with Gasteiger partial charge in [0, 0.05) is 32.0 Å². The van der Waals surface area contributed by atoms with Gasteiger partial charge in [0.1, 0.15) is 5.82 Å². The van der Waals surface area contributed by atoms with Crippen LogP contribution in [0, 0.1) is 0 Å². The highest BCUT2D eigenvalue weighted by Crippen LogP contribution is 2.12. The Kier molecular flexibility index (Phi) is 2.77. The minimum absolute atomic E-state index is 0.101. The van der Waals surface area contributed by atoms with Gasteiger partial charge in [-0.05, 0) is 6.07 Å². The fourth-order valence-electron chi connectivity index (χ4n) is 1.59. The molecule has 0 radical (unpaired) electrons. The van der Waals surface area contributed by atoms with Gasteiger partial charge in [0.25, 0.3) is 0 Å². The van der Waals surface area contributed by atoms with E-state index in [-0.39, 0.29) is 6.04 Å². The van der Waals surface area contributed by atoms with Crippen molar-refractivity contribution in [3.05, 3.63) is 24.3 Å². The van der Waals surface area contributed by atoms with Crippen LogP contribution in [0.25, 0.3) is 0 Å². The fourth-order valence-corrected chi connectivity index (χ4v) is 1.59. The molecule has 1 aliphatic rings. The molecule has 1 amide bonds. The molecule has 1 unspecified atom stereocenters. The minimum atomic E-state index is -0.891. The summed E-state index contributed by atoms with van der Waals surface area (Å²) in [6.07, 6.45) is 2.42. The quantitative estimate of drug-likeness (QED) is 0.684. The number of rotatable bonds is 1. The van der Waals surface area contributed by atoms with Crippen LogP contribution in [0.15, 0.2) is 18.5 Å². The molecule has 6 nitrogen and oxygen atoms in total. The molecule has 0 spiro atoms. The number of hydrogen-bond acceptors (Lipinski definition) is 4. The van der Waals surface area contributed by atoms with Gasteiger partial charge < -0.3 is 15.3 Å². The molecule has 2 heterocycles. The van der Waals surface area contributed by atoms with E-state index in [9.17, 15) is 4.79 Å². The maximum absolute atomic E-state index is 10.8. The number of carbonyl (C=O) groups is 1. The predicted molar refractivity (Wildman–Crippen MR) is 52.4 cm³/mol. The first-order chi connectivity index (χ1) is 7.27. The summed E-state index contributed by atoms with van der Waals surface area (Å²) in [4.78, 5) is 20.4. The largest absolute Gasteiger partial charge is 0.465 e. The molecule has 1 atom stereocenters. The smallest absolute Gasteiger partial charge is 0.407 e. The second-order valence-corrected chi connectivity index (χ2v) is 3.34. The van der Waals surface area contributed by atoms with Gasteiger partial charge in [0.2, 0.25) is 0 Å². The molecule has 80 valence electrons. The maximum Gasteiger partial charge on any atom is 0.407 e. The molecule has 1 aliphatic heterocycles. The predicted octanol–water partition coefficient (Wildman–Crippen LogP) is 0.101. The summed E-state index contributed by atoms with van der Waals surface area (Å²) in [6.45, 7) is 1.55. The normalized spacial score (nSPS) is 21.3. The van der Waals surface area contributed by atoms with Crippen LogP contribution < -0.4 is 5.32 Å². The first-order valence-corrected chi connectivity index (χ1v) is 4.75. The summed E-state index contributed by atoms with van der Waals surface area (Å²) in [5.74, 6) is 0.642. The highest BCUT2D eigenvalue weighted by molar-refractivity contribution is 5.65. The SMILES string of the molecule is O=C(O)N1CCNC(c2ncccn2)C1. The lowest BCUT2D eigenvalue weighted by Crippen LogP contribution is -2.48. The lowest BCUT2D eigenvalue weighted by Gasteiger charge is -2.30. The third-order valence-electron chi connectivity index (χ3n) is 2.34. The van der Waals surface area contributed by atoms with E-state index in [2.05, 4.69) is 15.3 Å². The van der Waals surface area contributed by atoms with E-state index in [1.807, 2.05) is 0 Å². The summed E-state index contributed by atoms with van der Waals surface area (Å²) < 4.78 is 0.